The third-order valence-electron chi connectivity index (χ3n) is 6.97. The molecule has 2 aromatic heterocycles. The summed E-state index contributed by atoms with van der Waals surface area (Å²) in [5, 5.41) is 2.42. The Morgan fingerprint density at radius 2 is 1.61 bits per heavy atom. The van der Waals surface area contributed by atoms with Crippen molar-refractivity contribution in [3.05, 3.63) is 81.4 Å². The standard InChI is InChI=1S/C29H29N3O4/c1-16(2)12-19(32-27(33)21-8-6-7-9-22(21)28(32)34)15-36-25-14-24-23(13-17(25)3)20-10-11-30-18(4)26(20)29(35)31(24)5/h6-11,13-14,16,19H,12,15H2,1-5H3/t19-/m0/s1. The van der Waals surface area contributed by atoms with E-state index in [-0.39, 0.29) is 29.9 Å². The SMILES string of the molecule is Cc1cc2c3ccnc(C)c3c(=O)n(C)c2cc1OC[C@H](CC(C)C)N1C(=O)c2ccccc2C1=O. The predicted molar refractivity (Wildman–Crippen MR) is 140 cm³/mol. The molecule has 1 aliphatic heterocycles. The molecule has 0 fully saturated rings. The van der Waals surface area contributed by atoms with Gasteiger partial charge in [0.25, 0.3) is 17.4 Å². The number of hydrogen-bond donors (Lipinski definition) is 0. The number of nitrogens with zero attached hydrogens (tertiary/aromatic N) is 3. The molecule has 7 heteroatoms. The van der Waals surface area contributed by atoms with E-state index in [1.165, 1.54) is 4.90 Å². The Balaban J connectivity index is 1.51. The average molecular weight is 484 g/mol. The number of imide groups is 1. The van der Waals surface area contributed by atoms with E-state index < -0.39 is 6.04 Å². The summed E-state index contributed by atoms with van der Waals surface area (Å²) in [4.78, 5) is 45.0. The molecule has 184 valence electrons. The second kappa shape index (κ2) is 8.90. The molecule has 36 heavy (non-hydrogen) atoms. The molecule has 4 aromatic rings. The third kappa shape index (κ3) is 3.75. The molecule has 5 rings (SSSR count). The van der Waals surface area contributed by atoms with Crippen molar-refractivity contribution in [2.24, 2.45) is 13.0 Å². The molecule has 0 saturated carbocycles. The van der Waals surface area contributed by atoms with E-state index in [1.54, 1.807) is 42.1 Å². The van der Waals surface area contributed by atoms with Crippen LogP contribution in [0.5, 0.6) is 5.75 Å². The van der Waals surface area contributed by atoms with Gasteiger partial charge in [-0.05, 0) is 61.4 Å². The highest BCUT2D eigenvalue weighted by molar-refractivity contribution is 6.21. The van der Waals surface area contributed by atoms with Crippen molar-refractivity contribution in [2.45, 2.75) is 40.2 Å². The smallest absolute Gasteiger partial charge is 0.261 e. The van der Waals surface area contributed by atoms with Crippen LogP contribution in [0.15, 0.2) is 53.5 Å². The first-order chi connectivity index (χ1) is 17.2. The first kappa shape index (κ1) is 23.7. The number of aromatic nitrogens is 2. The van der Waals surface area contributed by atoms with Crippen LogP contribution >= 0.6 is 0 Å². The van der Waals surface area contributed by atoms with Crippen molar-refractivity contribution in [3.8, 4) is 5.75 Å². The zero-order chi connectivity index (χ0) is 25.7. The predicted octanol–water partition coefficient (Wildman–Crippen LogP) is 4.79. The quantitative estimate of drug-likeness (QED) is 0.291. The number of fused-ring (bicyclic) bond motifs is 4. The minimum atomic E-state index is -0.415. The summed E-state index contributed by atoms with van der Waals surface area (Å²) >= 11 is 0. The molecule has 0 spiro atoms. The van der Waals surface area contributed by atoms with Crippen LogP contribution in [0.3, 0.4) is 0 Å². The lowest BCUT2D eigenvalue weighted by Gasteiger charge is -2.28. The number of pyridine rings is 2. The molecule has 2 aromatic carbocycles. The Morgan fingerprint density at radius 3 is 2.25 bits per heavy atom. The molecule has 0 saturated heterocycles. The van der Waals surface area contributed by atoms with Crippen LogP contribution in [0, 0.1) is 19.8 Å². The topological polar surface area (TPSA) is 81.5 Å². The van der Waals surface area contributed by atoms with E-state index in [9.17, 15) is 14.4 Å². The summed E-state index contributed by atoms with van der Waals surface area (Å²) in [5.74, 6) is 0.313. The Morgan fingerprint density at radius 1 is 0.944 bits per heavy atom. The molecular formula is C29H29N3O4. The summed E-state index contributed by atoms with van der Waals surface area (Å²) in [5.41, 5.74) is 3.11. The lowest BCUT2D eigenvalue weighted by molar-refractivity contribution is 0.0507. The van der Waals surface area contributed by atoms with Crippen molar-refractivity contribution in [1.82, 2.24) is 14.5 Å². The number of amides is 2. The fourth-order valence-electron chi connectivity index (χ4n) is 5.18. The van der Waals surface area contributed by atoms with E-state index >= 15 is 0 Å². The van der Waals surface area contributed by atoms with Gasteiger partial charge in [0.2, 0.25) is 0 Å². The van der Waals surface area contributed by atoms with Gasteiger partial charge in [0.05, 0.1) is 33.8 Å². The zero-order valence-corrected chi connectivity index (χ0v) is 21.2. The summed E-state index contributed by atoms with van der Waals surface area (Å²) < 4.78 is 7.89. The number of aryl methyl sites for hydroxylation is 3. The lowest BCUT2D eigenvalue weighted by atomic mass is 10.0. The molecule has 7 nitrogen and oxygen atoms in total. The van der Waals surface area contributed by atoms with E-state index in [1.807, 2.05) is 32.0 Å². The number of carbonyl (C=O) groups excluding carboxylic acids is 2. The molecular weight excluding hydrogens is 454 g/mol. The van der Waals surface area contributed by atoms with Gasteiger partial charge < -0.3 is 9.30 Å². The lowest BCUT2D eigenvalue weighted by Crippen LogP contribution is -2.44. The summed E-state index contributed by atoms with van der Waals surface area (Å²) in [6, 6.07) is 12.3. The van der Waals surface area contributed by atoms with E-state index in [4.69, 9.17) is 4.74 Å². The van der Waals surface area contributed by atoms with Gasteiger partial charge >= 0.3 is 0 Å². The van der Waals surface area contributed by atoms with Crippen molar-refractivity contribution in [2.75, 3.05) is 6.61 Å². The zero-order valence-electron chi connectivity index (χ0n) is 21.2. The Hall–Kier alpha value is -4.00. The van der Waals surface area contributed by atoms with Crippen molar-refractivity contribution >= 4 is 33.5 Å². The average Bonchev–Trinajstić information content (AvgIpc) is 3.10. The largest absolute Gasteiger partial charge is 0.491 e. The van der Waals surface area contributed by atoms with Gasteiger partial charge in [0.15, 0.2) is 0 Å². The Kier molecular flexibility index (Phi) is 5.86. The van der Waals surface area contributed by atoms with Crippen molar-refractivity contribution < 1.29 is 14.3 Å². The number of carbonyl (C=O) groups is 2. The maximum absolute atomic E-state index is 13.1. The number of hydrogen-bond acceptors (Lipinski definition) is 5. The maximum Gasteiger partial charge on any atom is 0.261 e. The Labute approximate surface area is 209 Å². The van der Waals surface area contributed by atoms with Crippen LogP contribution in [0.25, 0.3) is 21.7 Å². The second-order valence-corrected chi connectivity index (χ2v) is 9.94. The van der Waals surface area contributed by atoms with Crippen LogP contribution in [-0.4, -0.2) is 38.9 Å². The van der Waals surface area contributed by atoms with Gasteiger partial charge in [-0.25, -0.2) is 0 Å². The molecule has 0 aliphatic carbocycles. The highest BCUT2D eigenvalue weighted by Gasteiger charge is 2.40. The molecule has 1 aliphatic rings. The summed E-state index contributed by atoms with van der Waals surface area (Å²) in [7, 11) is 1.75. The van der Waals surface area contributed by atoms with E-state index in [2.05, 4.69) is 18.8 Å². The monoisotopic (exact) mass is 483 g/mol. The van der Waals surface area contributed by atoms with Gasteiger partial charge in [-0.1, -0.05) is 26.0 Å². The number of benzene rings is 2. The van der Waals surface area contributed by atoms with Crippen molar-refractivity contribution in [3.63, 3.8) is 0 Å². The molecule has 3 heterocycles. The van der Waals surface area contributed by atoms with E-state index in [0.29, 0.717) is 34.4 Å². The number of ether oxygens (including phenoxy) is 1. The van der Waals surface area contributed by atoms with Gasteiger partial charge in [0.1, 0.15) is 12.4 Å². The van der Waals surface area contributed by atoms with Gasteiger partial charge in [-0.15, -0.1) is 0 Å². The summed E-state index contributed by atoms with van der Waals surface area (Å²) in [6.07, 6.45) is 2.34. The molecule has 0 unspecified atom stereocenters. The van der Waals surface area contributed by atoms with Crippen LogP contribution < -0.4 is 10.3 Å². The minimum Gasteiger partial charge on any atom is -0.491 e. The highest BCUT2D eigenvalue weighted by atomic mass is 16.5. The second-order valence-electron chi connectivity index (χ2n) is 9.94. The van der Waals surface area contributed by atoms with Crippen LogP contribution in [-0.2, 0) is 7.05 Å². The molecule has 0 bridgehead atoms. The molecule has 0 radical (unpaired) electrons. The fourth-order valence-corrected chi connectivity index (χ4v) is 5.18. The van der Waals surface area contributed by atoms with Crippen LogP contribution in [0.4, 0.5) is 0 Å². The van der Waals surface area contributed by atoms with E-state index in [0.717, 1.165) is 21.9 Å². The Bertz CT molecular complexity index is 1570. The maximum atomic E-state index is 13.1. The highest BCUT2D eigenvalue weighted by Crippen LogP contribution is 2.31. The summed E-state index contributed by atoms with van der Waals surface area (Å²) in [6.45, 7) is 8.09. The van der Waals surface area contributed by atoms with Gasteiger partial charge in [-0.2, -0.15) is 0 Å². The van der Waals surface area contributed by atoms with Gasteiger partial charge in [0, 0.05) is 24.7 Å². The van der Waals surface area contributed by atoms with Crippen LogP contribution in [0.1, 0.15) is 52.2 Å². The first-order valence-corrected chi connectivity index (χ1v) is 12.2. The van der Waals surface area contributed by atoms with Crippen molar-refractivity contribution in [1.29, 1.82) is 0 Å². The molecule has 2 amide bonds. The first-order valence-electron chi connectivity index (χ1n) is 12.2. The molecule has 1 atom stereocenters. The minimum absolute atomic E-state index is 0.110. The number of rotatable bonds is 6. The van der Waals surface area contributed by atoms with Gasteiger partial charge in [-0.3, -0.25) is 24.3 Å². The fraction of sp³-hybridized carbons (Fsp3) is 0.310. The third-order valence-corrected chi connectivity index (χ3v) is 6.97. The normalized spacial score (nSPS) is 14.2. The van der Waals surface area contributed by atoms with Crippen LogP contribution in [0.2, 0.25) is 0 Å². The molecule has 0 N–H and O–H groups in total.